The van der Waals surface area contributed by atoms with Crippen LogP contribution in [0.25, 0.3) is 0 Å². The van der Waals surface area contributed by atoms with E-state index in [2.05, 4.69) is 20.7 Å². The number of hydrogen-bond acceptors (Lipinski definition) is 3. The first kappa shape index (κ1) is 11.1. The Hall–Kier alpha value is -1.36. The molecule has 1 aromatic rings. The summed E-state index contributed by atoms with van der Waals surface area (Å²) in [5.41, 5.74) is 1.07. The Morgan fingerprint density at radius 3 is 2.81 bits per heavy atom. The lowest BCUT2D eigenvalue weighted by molar-refractivity contribution is -0.125. The zero-order valence-electron chi connectivity index (χ0n) is 8.48. The summed E-state index contributed by atoms with van der Waals surface area (Å²) in [6.45, 7) is 0.242. The Bertz CT molecular complexity index is 417. The van der Waals surface area contributed by atoms with Gasteiger partial charge in [-0.2, -0.15) is 0 Å². The molecular formula is C11H10BrNO3. The summed E-state index contributed by atoms with van der Waals surface area (Å²) in [7, 11) is 0. The molecule has 16 heavy (non-hydrogen) atoms. The number of benzene rings is 1. The highest BCUT2D eigenvalue weighted by atomic mass is 79.9. The van der Waals surface area contributed by atoms with Crippen molar-refractivity contribution in [1.82, 2.24) is 4.90 Å². The fourth-order valence-corrected chi connectivity index (χ4v) is 1.98. The summed E-state index contributed by atoms with van der Waals surface area (Å²) < 4.78 is 5.60. The predicted octanol–water partition coefficient (Wildman–Crippen LogP) is 1.97. The average molecular weight is 284 g/mol. The SMILES string of the molecule is O=C1COC(=O)N1CCc1cccc(Br)c1. The lowest BCUT2D eigenvalue weighted by Gasteiger charge is -2.10. The van der Waals surface area contributed by atoms with Gasteiger partial charge in [0.05, 0.1) is 0 Å². The summed E-state index contributed by atoms with van der Waals surface area (Å²) in [6.07, 6.45) is 0.0975. The lowest BCUT2D eigenvalue weighted by Crippen LogP contribution is -2.31. The molecule has 1 aromatic carbocycles. The minimum atomic E-state index is -0.542. The molecule has 0 radical (unpaired) electrons. The molecule has 84 valence electrons. The van der Waals surface area contributed by atoms with Gasteiger partial charge in [0.15, 0.2) is 6.61 Å². The minimum Gasteiger partial charge on any atom is -0.439 e. The molecule has 1 aliphatic rings. The summed E-state index contributed by atoms with van der Waals surface area (Å²) in [6, 6.07) is 7.77. The van der Waals surface area contributed by atoms with Crippen molar-refractivity contribution in [3.63, 3.8) is 0 Å². The molecule has 5 heteroatoms. The van der Waals surface area contributed by atoms with E-state index in [-0.39, 0.29) is 12.5 Å². The van der Waals surface area contributed by atoms with Crippen LogP contribution in [0.15, 0.2) is 28.7 Å². The maximum Gasteiger partial charge on any atom is 0.417 e. The van der Waals surface area contributed by atoms with Gasteiger partial charge in [-0.15, -0.1) is 0 Å². The Morgan fingerprint density at radius 2 is 2.19 bits per heavy atom. The van der Waals surface area contributed by atoms with Gasteiger partial charge in [0.1, 0.15) is 0 Å². The number of amides is 2. The number of halogens is 1. The maximum atomic E-state index is 11.2. The van der Waals surface area contributed by atoms with E-state index >= 15 is 0 Å². The van der Waals surface area contributed by atoms with E-state index in [1.807, 2.05) is 24.3 Å². The third-order valence-electron chi connectivity index (χ3n) is 2.35. The van der Waals surface area contributed by atoms with Crippen molar-refractivity contribution in [3.05, 3.63) is 34.3 Å². The Morgan fingerprint density at radius 1 is 1.38 bits per heavy atom. The van der Waals surface area contributed by atoms with E-state index in [0.29, 0.717) is 13.0 Å². The van der Waals surface area contributed by atoms with E-state index in [4.69, 9.17) is 0 Å². The summed E-state index contributed by atoms with van der Waals surface area (Å²) in [5, 5.41) is 0. The van der Waals surface area contributed by atoms with Crippen molar-refractivity contribution < 1.29 is 14.3 Å². The molecule has 0 saturated carbocycles. The van der Waals surface area contributed by atoms with Crippen LogP contribution in [-0.2, 0) is 16.0 Å². The van der Waals surface area contributed by atoms with Crippen LogP contribution in [0.2, 0.25) is 0 Å². The van der Waals surface area contributed by atoms with Crippen molar-refractivity contribution >= 4 is 27.9 Å². The van der Waals surface area contributed by atoms with Crippen molar-refractivity contribution in [1.29, 1.82) is 0 Å². The molecule has 1 fully saturated rings. The van der Waals surface area contributed by atoms with Gasteiger partial charge in [-0.05, 0) is 24.1 Å². The fraction of sp³-hybridized carbons (Fsp3) is 0.273. The van der Waals surface area contributed by atoms with Gasteiger partial charge in [0.2, 0.25) is 0 Å². The van der Waals surface area contributed by atoms with E-state index in [9.17, 15) is 9.59 Å². The number of cyclic esters (lactones) is 1. The summed E-state index contributed by atoms with van der Waals surface area (Å²) >= 11 is 3.37. The third kappa shape index (κ3) is 2.41. The normalized spacial score (nSPS) is 15.4. The zero-order valence-corrected chi connectivity index (χ0v) is 10.1. The Kier molecular flexibility index (Phi) is 3.24. The molecule has 1 heterocycles. The second kappa shape index (κ2) is 4.65. The van der Waals surface area contributed by atoms with Crippen LogP contribution in [0.5, 0.6) is 0 Å². The summed E-state index contributed by atoms with van der Waals surface area (Å²) in [4.78, 5) is 23.5. The van der Waals surface area contributed by atoms with Crippen LogP contribution in [0.4, 0.5) is 4.79 Å². The first-order valence-electron chi connectivity index (χ1n) is 4.88. The lowest BCUT2D eigenvalue weighted by atomic mass is 10.1. The van der Waals surface area contributed by atoms with E-state index in [1.165, 1.54) is 0 Å². The topological polar surface area (TPSA) is 46.6 Å². The number of imide groups is 1. The molecule has 0 aliphatic carbocycles. The van der Waals surface area contributed by atoms with Gasteiger partial charge >= 0.3 is 6.09 Å². The molecule has 0 bridgehead atoms. The van der Waals surface area contributed by atoms with Crippen LogP contribution >= 0.6 is 15.9 Å². The van der Waals surface area contributed by atoms with Crippen LogP contribution in [0.1, 0.15) is 5.56 Å². The van der Waals surface area contributed by atoms with Gasteiger partial charge in [-0.25, -0.2) is 9.69 Å². The molecule has 0 aromatic heterocycles. The molecule has 0 atom stereocenters. The third-order valence-corrected chi connectivity index (χ3v) is 2.85. The number of nitrogens with zero attached hydrogens (tertiary/aromatic N) is 1. The standard InChI is InChI=1S/C11H10BrNO3/c12-9-3-1-2-8(6-9)4-5-13-10(14)7-16-11(13)15/h1-3,6H,4-5,7H2. The predicted molar refractivity (Wildman–Crippen MR) is 60.9 cm³/mol. The molecule has 1 aliphatic heterocycles. The number of hydrogen-bond donors (Lipinski definition) is 0. The van der Waals surface area contributed by atoms with Crippen LogP contribution in [-0.4, -0.2) is 30.1 Å². The Labute approximate surface area is 101 Å². The number of rotatable bonds is 3. The maximum absolute atomic E-state index is 11.2. The smallest absolute Gasteiger partial charge is 0.417 e. The molecule has 1 saturated heterocycles. The monoisotopic (exact) mass is 283 g/mol. The fourth-order valence-electron chi connectivity index (χ4n) is 1.53. The second-order valence-electron chi connectivity index (χ2n) is 3.48. The van der Waals surface area contributed by atoms with Crippen molar-refractivity contribution in [2.24, 2.45) is 0 Å². The minimum absolute atomic E-state index is 0.128. The molecular weight excluding hydrogens is 274 g/mol. The van der Waals surface area contributed by atoms with Gasteiger partial charge in [-0.1, -0.05) is 28.1 Å². The van der Waals surface area contributed by atoms with E-state index in [0.717, 1.165) is 14.9 Å². The highest BCUT2D eigenvalue weighted by molar-refractivity contribution is 9.10. The molecule has 2 amide bonds. The first-order valence-corrected chi connectivity index (χ1v) is 5.67. The second-order valence-corrected chi connectivity index (χ2v) is 4.40. The van der Waals surface area contributed by atoms with Gasteiger partial charge in [0.25, 0.3) is 5.91 Å². The highest BCUT2D eigenvalue weighted by Gasteiger charge is 2.30. The van der Waals surface area contributed by atoms with Crippen molar-refractivity contribution in [2.75, 3.05) is 13.2 Å². The largest absolute Gasteiger partial charge is 0.439 e. The number of carbonyl (C=O) groups excluding carboxylic acids is 2. The van der Waals surface area contributed by atoms with Crippen LogP contribution in [0.3, 0.4) is 0 Å². The van der Waals surface area contributed by atoms with Gasteiger partial charge in [0, 0.05) is 11.0 Å². The van der Waals surface area contributed by atoms with Crippen LogP contribution < -0.4 is 0 Å². The first-order chi connectivity index (χ1) is 7.66. The molecule has 2 rings (SSSR count). The Balaban J connectivity index is 1.97. The van der Waals surface area contributed by atoms with Crippen molar-refractivity contribution in [3.8, 4) is 0 Å². The molecule has 4 nitrogen and oxygen atoms in total. The van der Waals surface area contributed by atoms with Gasteiger partial charge in [-0.3, -0.25) is 4.79 Å². The molecule has 0 spiro atoms. The van der Waals surface area contributed by atoms with Crippen molar-refractivity contribution in [2.45, 2.75) is 6.42 Å². The van der Waals surface area contributed by atoms with Crippen LogP contribution in [0, 0.1) is 0 Å². The average Bonchev–Trinajstić information content (AvgIpc) is 2.56. The molecule has 0 unspecified atom stereocenters. The van der Waals surface area contributed by atoms with E-state index < -0.39 is 6.09 Å². The zero-order chi connectivity index (χ0) is 11.5. The summed E-state index contributed by atoms with van der Waals surface area (Å²) in [5.74, 6) is -0.264. The number of carbonyl (C=O) groups is 2. The quantitative estimate of drug-likeness (QED) is 0.852. The molecule has 0 N–H and O–H groups in total. The van der Waals surface area contributed by atoms with Gasteiger partial charge < -0.3 is 4.74 Å². The van der Waals surface area contributed by atoms with E-state index in [1.54, 1.807) is 0 Å². The highest BCUT2D eigenvalue weighted by Crippen LogP contribution is 2.13. The number of ether oxygens (including phenoxy) is 1.